The van der Waals surface area contributed by atoms with Gasteiger partial charge in [0.25, 0.3) is 0 Å². The summed E-state index contributed by atoms with van der Waals surface area (Å²) in [4.78, 5) is 12.9. The molecular weight excluding hydrogens is 340 g/mol. The quantitative estimate of drug-likeness (QED) is 0.715. The molecule has 0 spiro atoms. The van der Waals surface area contributed by atoms with Crippen LogP contribution in [0.2, 0.25) is 5.15 Å². The van der Waals surface area contributed by atoms with E-state index >= 15 is 0 Å². The minimum Gasteiger partial charge on any atom is -0.346 e. The van der Waals surface area contributed by atoms with Gasteiger partial charge in [0, 0.05) is 29.2 Å². The van der Waals surface area contributed by atoms with Gasteiger partial charge in [0.1, 0.15) is 5.15 Å². The summed E-state index contributed by atoms with van der Waals surface area (Å²) in [5.74, 6) is 0.498. The van der Waals surface area contributed by atoms with E-state index in [1.807, 2.05) is 36.4 Å². The number of nitrogens with zero attached hydrogens (tertiary/aromatic N) is 3. The molecule has 3 heterocycles. The van der Waals surface area contributed by atoms with Crippen LogP contribution in [0.5, 0.6) is 0 Å². The zero-order valence-corrected chi connectivity index (χ0v) is 14.0. The van der Waals surface area contributed by atoms with Crippen LogP contribution < -0.4 is 5.32 Å². The fourth-order valence-corrected chi connectivity index (χ4v) is 2.66. The van der Waals surface area contributed by atoms with Crippen LogP contribution in [-0.2, 0) is 9.47 Å². The first-order valence-electron chi connectivity index (χ1n) is 7.83. The molecule has 0 aliphatic carbocycles. The molecule has 6 nitrogen and oxygen atoms in total. The maximum absolute atomic E-state index is 5.83. The maximum Gasteiger partial charge on any atom is 0.227 e. The molecule has 3 aromatic rings. The van der Waals surface area contributed by atoms with Gasteiger partial charge in [-0.05, 0) is 30.3 Å². The normalized spacial score (nSPS) is 14.6. The van der Waals surface area contributed by atoms with Crippen LogP contribution in [0.3, 0.4) is 0 Å². The summed E-state index contributed by atoms with van der Waals surface area (Å²) in [7, 11) is 0. The van der Waals surface area contributed by atoms with E-state index < -0.39 is 0 Å². The zero-order valence-electron chi connectivity index (χ0n) is 13.2. The van der Waals surface area contributed by atoms with E-state index in [2.05, 4.69) is 20.3 Å². The number of rotatable bonds is 4. The Kier molecular flexibility index (Phi) is 4.56. The van der Waals surface area contributed by atoms with Gasteiger partial charge >= 0.3 is 0 Å². The van der Waals surface area contributed by atoms with Gasteiger partial charge in [0.2, 0.25) is 5.95 Å². The molecule has 7 heteroatoms. The summed E-state index contributed by atoms with van der Waals surface area (Å²) in [6.45, 7) is 1.23. The Balaban J connectivity index is 1.56. The number of benzene rings is 1. The van der Waals surface area contributed by atoms with E-state index in [4.69, 9.17) is 21.1 Å². The number of halogens is 1. The third kappa shape index (κ3) is 3.76. The molecular formula is C18H15ClN4O2. The van der Waals surface area contributed by atoms with Crippen LogP contribution in [0.15, 0.2) is 54.9 Å². The summed E-state index contributed by atoms with van der Waals surface area (Å²) in [6.07, 6.45) is 3.07. The van der Waals surface area contributed by atoms with Gasteiger partial charge in [0.05, 0.1) is 18.9 Å². The zero-order chi connectivity index (χ0) is 17.1. The van der Waals surface area contributed by atoms with Crippen molar-refractivity contribution in [3.05, 3.63) is 65.6 Å². The molecule has 126 valence electrons. The van der Waals surface area contributed by atoms with Crippen molar-refractivity contribution in [1.29, 1.82) is 0 Å². The van der Waals surface area contributed by atoms with Crippen molar-refractivity contribution >= 4 is 23.2 Å². The van der Waals surface area contributed by atoms with Gasteiger partial charge in [-0.1, -0.05) is 23.7 Å². The minimum absolute atomic E-state index is 0.311. The maximum atomic E-state index is 5.83. The van der Waals surface area contributed by atoms with Crippen LogP contribution in [0.4, 0.5) is 11.6 Å². The van der Waals surface area contributed by atoms with E-state index in [1.54, 1.807) is 18.5 Å². The largest absolute Gasteiger partial charge is 0.346 e. The van der Waals surface area contributed by atoms with E-state index in [1.165, 1.54) is 0 Å². The first-order valence-corrected chi connectivity index (χ1v) is 8.21. The smallest absolute Gasteiger partial charge is 0.227 e. The summed E-state index contributed by atoms with van der Waals surface area (Å²) < 4.78 is 11.1. The third-order valence-electron chi connectivity index (χ3n) is 3.72. The summed E-state index contributed by atoms with van der Waals surface area (Å²) in [6, 6.07) is 13.3. The minimum atomic E-state index is -0.311. The van der Waals surface area contributed by atoms with Crippen molar-refractivity contribution in [2.24, 2.45) is 0 Å². The molecule has 1 aromatic carbocycles. The van der Waals surface area contributed by atoms with E-state index in [0.717, 1.165) is 22.5 Å². The highest BCUT2D eigenvalue weighted by Crippen LogP contribution is 2.26. The van der Waals surface area contributed by atoms with Crippen molar-refractivity contribution < 1.29 is 9.47 Å². The molecule has 2 aromatic heterocycles. The lowest BCUT2D eigenvalue weighted by molar-refractivity contribution is -0.0440. The fraction of sp³-hybridized carbons (Fsp3) is 0.167. The summed E-state index contributed by atoms with van der Waals surface area (Å²) in [5.41, 5.74) is 3.46. The Labute approximate surface area is 149 Å². The predicted molar refractivity (Wildman–Crippen MR) is 94.6 cm³/mol. The van der Waals surface area contributed by atoms with E-state index in [9.17, 15) is 0 Å². The lowest BCUT2D eigenvalue weighted by atomic mass is 10.2. The third-order valence-corrected chi connectivity index (χ3v) is 3.94. The number of hydrogen-bond donors (Lipinski definition) is 1. The molecule has 1 saturated heterocycles. The lowest BCUT2D eigenvalue weighted by Gasteiger charge is -2.12. The number of ether oxygens (including phenoxy) is 2. The van der Waals surface area contributed by atoms with Crippen LogP contribution in [0, 0.1) is 0 Å². The number of hydrogen-bond acceptors (Lipinski definition) is 6. The highest BCUT2D eigenvalue weighted by Gasteiger charge is 2.18. The van der Waals surface area contributed by atoms with E-state index in [0.29, 0.717) is 24.3 Å². The molecule has 0 atom stereocenters. The van der Waals surface area contributed by atoms with Crippen molar-refractivity contribution in [3.8, 4) is 11.3 Å². The van der Waals surface area contributed by atoms with Gasteiger partial charge in [-0.3, -0.25) is 0 Å². The number of nitrogens with one attached hydrogen (secondary N) is 1. The van der Waals surface area contributed by atoms with E-state index in [-0.39, 0.29) is 6.29 Å². The first kappa shape index (κ1) is 16.0. The Morgan fingerprint density at radius 3 is 2.72 bits per heavy atom. The first-order chi connectivity index (χ1) is 12.3. The highest BCUT2D eigenvalue weighted by molar-refractivity contribution is 6.29. The fourth-order valence-electron chi connectivity index (χ4n) is 2.55. The second-order valence-electron chi connectivity index (χ2n) is 5.46. The second-order valence-corrected chi connectivity index (χ2v) is 5.85. The van der Waals surface area contributed by atoms with Crippen molar-refractivity contribution in [2.75, 3.05) is 18.5 Å². The average Bonchev–Trinajstić information content (AvgIpc) is 3.18. The number of pyridine rings is 1. The molecule has 1 fully saturated rings. The molecule has 0 unspecified atom stereocenters. The Hall–Kier alpha value is -2.54. The topological polar surface area (TPSA) is 69.2 Å². The Morgan fingerprint density at radius 1 is 1.04 bits per heavy atom. The molecule has 0 amide bonds. The Bertz CT molecular complexity index is 867. The molecule has 0 bridgehead atoms. The molecule has 1 aliphatic heterocycles. The molecule has 1 aliphatic rings. The van der Waals surface area contributed by atoms with Crippen LogP contribution in [0.25, 0.3) is 11.3 Å². The number of anilines is 2. The molecule has 4 rings (SSSR count). The Morgan fingerprint density at radius 2 is 1.92 bits per heavy atom. The van der Waals surface area contributed by atoms with Crippen molar-refractivity contribution in [2.45, 2.75) is 6.29 Å². The predicted octanol–water partition coefficient (Wildman–Crippen LogP) is 3.98. The summed E-state index contributed by atoms with van der Waals surface area (Å²) >= 11 is 5.83. The van der Waals surface area contributed by atoms with Crippen LogP contribution in [0.1, 0.15) is 11.9 Å². The number of aromatic nitrogens is 3. The SMILES string of the molecule is Clc1ccc(-c2ccnc(Nc3cccc(C4OCCO4)c3)n2)cn1. The lowest BCUT2D eigenvalue weighted by Crippen LogP contribution is -2.01. The standard InChI is InChI=1S/C18H15ClN4O2/c19-16-5-4-13(11-21-16)15-6-7-20-18(23-15)22-14-3-1-2-12(10-14)17-24-8-9-25-17/h1-7,10-11,17H,8-9H2,(H,20,22,23). The molecule has 1 N–H and O–H groups in total. The van der Waals surface area contributed by atoms with Gasteiger partial charge in [-0.2, -0.15) is 0 Å². The van der Waals surface area contributed by atoms with Crippen molar-refractivity contribution in [3.63, 3.8) is 0 Å². The molecule has 0 radical (unpaired) electrons. The second kappa shape index (κ2) is 7.14. The van der Waals surface area contributed by atoms with Gasteiger partial charge in [0.15, 0.2) is 6.29 Å². The monoisotopic (exact) mass is 354 g/mol. The molecule has 0 saturated carbocycles. The van der Waals surface area contributed by atoms with Crippen LogP contribution in [-0.4, -0.2) is 28.2 Å². The average molecular weight is 355 g/mol. The molecule has 25 heavy (non-hydrogen) atoms. The van der Waals surface area contributed by atoms with Gasteiger partial charge in [-0.25, -0.2) is 15.0 Å². The van der Waals surface area contributed by atoms with Gasteiger partial charge < -0.3 is 14.8 Å². The van der Waals surface area contributed by atoms with Gasteiger partial charge in [-0.15, -0.1) is 0 Å². The van der Waals surface area contributed by atoms with Crippen LogP contribution >= 0.6 is 11.6 Å². The summed E-state index contributed by atoms with van der Waals surface area (Å²) in [5, 5.41) is 3.66. The van der Waals surface area contributed by atoms with Crippen molar-refractivity contribution in [1.82, 2.24) is 15.0 Å². The highest BCUT2D eigenvalue weighted by atomic mass is 35.5.